The van der Waals surface area contributed by atoms with Gasteiger partial charge in [0, 0.05) is 11.5 Å². The van der Waals surface area contributed by atoms with E-state index in [1.54, 1.807) is 11.8 Å². The standard InChI is InChI=1S/C15H21NO2S/c1-3-5-9-17-10-11-18-14-7-6-8-15(19-4-2)13(14)12-16/h6-8H,3-5,9-11H2,1-2H3. The average Bonchev–Trinajstić information content (AvgIpc) is 2.43. The van der Waals surface area contributed by atoms with E-state index in [0.29, 0.717) is 24.5 Å². The van der Waals surface area contributed by atoms with Gasteiger partial charge in [0.25, 0.3) is 0 Å². The first-order chi connectivity index (χ1) is 9.33. The van der Waals surface area contributed by atoms with Crippen molar-refractivity contribution < 1.29 is 9.47 Å². The van der Waals surface area contributed by atoms with Gasteiger partial charge in [-0.3, -0.25) is 0 Å². The van der Waals surface area contributed by atoms with Crippen molar-refractivity contribution in [1.82, 2.24) is 0 Å². The summed E-state index contributed by atoms with van der Waals surface area (Å²) in [6.45, 7) is 6.03. The molecule has 0 aliphatic heterocycles. The zero-order valence-electron chi connectivity index (χ0n) is 11.6. The van der Waals surface area contributed by atoms with Gasteiger partial charge in [0.15, 0.2) is 0 Å². The van der Waals surface area contributed by atoms with Gasteiger partial charge in [-0.2, -0.15) is 5.26 Å². The van der Waals surface area contributed by atoms with Crippen molar-refractivity contribution in [3.05, 3.63) is 23.8 Å². The van der Waals surface area contributed by atoms with Crippen molar-refractivity contribution >= 4 is 11.8 Å². The Kier molecular flexibility index (Phi) is 8.11. The maximum atomic E-state index is 9.22. The second-order valence-electron chi connectivity index (χ2n) is 3.99. The minimum atomic E-state index is 0.485. The lowest BCUT2D eigenvalue weighted by atomic mass is 10.2. The molecule has 1 aromatic carbocycles. The van der Waals surface area contributed by atoms with Crippen molar-refractivity contribution in [2.45, 2.75) is 31.6 Å². The lowest BCUT2D eigenvalue weighted by molar-refractivity contribution is 0.0979. The van der Waals surface area contributed by atoms with Crippen molar-refractivity contribution in [3.8, 4) is 11.8 Å². The Morgan fingerprint density at radius 1 is 1.21 bits per heavy atom. The fraction of sp³-hybridized carbons (Fsp3) is 0.533. The van der Waals surface area contributed by atoms with Gasteiger partial charge in [0.2, 0.25) is 0 Å². The Morgan fingerprint density at radius 2 is 2.05 bits per heavy atom. The molecule has 0 aliphatic rings. The molecule has 1 rings (SSSR count). The van der Waals surface area contributed by atoms with Crippen molar-refractivity contribution in [3.63, 3.8) is 0 Å². The molecular weight excluding hydrogens is 258 g/mol. The highest BCUT2D eigenvalue weighted by Gasteiger charge is 2.08. The van der Waals surface area contributed by atoms with E-state index in [4.69, 9.17) is 9.47 Å². The Bertz CT molecular complexity index is 415. The molecule has 19 heavy (non-hydrogen) atoms. The molecule has 1 aromatic rings. The Morgan fingerprint density at radius 3 is 2.74 bits per heavy atom. The Balaban J connectivity index is 2.49. The smallest absolute Gasteiger partial charge is 0.138 e. The summed E-state index contributed by atoms with van der Waals surface area (Å²) in [4.78, 5) is 0.981. The largest absolute Gasteiger partial charge is 0.490 e. The quantitative estimate of drug-likeness (QED) is 0.508. The monoisotopic (exact) mass is 279 g/mol. The molecule has 0 saturated heterocycles. The molecule has 0 unspecified atom stereocenters. The number of thioether (sulfide) groups is 1. The fourth-order valence-corrected chi connectivity index (χ4v) is 2.35. The summed E-state index contributed by atoms with van der Waals surface area (Å²) in [5.74, 6) is 1.60. The number of benzene rings is 1. The molecule has 0 aliphatic carbocycles. The third-order valence-electron chi connectivity index (χ3n) is 2.53. The number of nitrogens with zero attached hydrogens (tertiary/aromatic N) is 1. The number of hydrogen-bond donors (Lipinski definition) is 0. The van der Waals surface area contributed by atoms with Crippen LogP contribution >= 0.6 is 11.8 Å². The van der Waals surface area contributed by atoms with E-state index in [9.17, 15) is 5.26 Å². The zero-order valence-corrected chi connectivity index (χ0v) is 12.5. The second-order valence-corrected chi connectivity index (χ2v) is 5.29. The van der Waals surface area contributed by atoms with Crippen molar-refractivity contribution in [2.24, 2.45) is 0 Å². The van der Waals surface area contributed by atoms with Gasteiger partial charge < -0.3 is 9.47 Å². The van der Waals surface area contributed by atoms with E-state index in [-0.39, 0.29) is 0 Å². The number of rotatable bonds is 9. The molecule has 0 amide bonds. The number of nitriles is 1. The zero-order chi connectivity index (χ0) is 13.9. The van der Waals surface area contributed by atoms with E-state index in [1.165, 1.54) is 0 Å². The molecule has 3 nitrogen and oxygen atoms in total. The lowest BCUT2D eigenvalue weighted by Crippen LogP contribution is -2.08. The summed E-state index contributed by atoms with van der Waals surface area (Å²) < 4.78 is 11.1. The van der Waals surface area contributed by atoms with Crippen LogP contribution in [0.1, 0.15) is 32.3 Å². The van der Waals surface area contributed by atoms with Crippen molar-refractivity contribution in [2.75, 3.05) is 25.6 Å². The molecule has 0 fully saturated rings. The van der Waals surface area contributed by atoms with E-state index in [1.807, 2.05) is 18.2 Å². The highest BCUT2D eigenvalue weighted by molar-refractivity contribution is 7.99. The summed E-state index contributed by atoms with van der Waals surface area (Å²) in [6, 6.07) is 7.94. The molecule has 0 heterocycles. The number of unbranched alkanes of at least 4 members (excludes halogenated alkanes) is 1. The van der Waals surface area contributed by atoms with Crippen LogP contribution in [0.3, 0.4) is 0 Å². The van der Waals surface area contributed by atoms with Gasteiger partial charge in [-0.15, -0.1) is 11.8 Å². The Hall–Kier alpha value is -1.18. The van der Waals surface area contributed by atoms with Crippen LogP contribution in [0.25, 0.3) is 0 Å². The third-order valence-corrected chi connectivity index (χ3v) is 3.47. The topological polar surface area (TPSA) is 42.2 Å². The van der Waals surface area contributed by atoms with Crippen LogP contribution in [0, 0.1) is 11.3 Å². The molecule has 0 spiro atoms. The molecular formula is C15H21NO2S. The first-order valence-corrected chi connectivity index (χ1v) is 7.68. The van der Waals surface area contributed by atoms with Crippen LogP contribution in [0.15, 0.2) is 23.1 Å². The number of ether oxygens (including phenoxy) is 2. The molecule has 0 bridgehead atoms. The summed E-state index contributed by atoms with van der Waals surface area (Å²) in [5.41, 5.74) is 0.628. The molecule has 0 aromatic heterocycles. The van der Waals surface area contributed by atoms with Gasteiger partial charge >= 0.3 is 0 Å². The molecule has 4 heteroatoms. The van der Waals surface area contributed by atoms with Gasteiger partial charge in [-0.05, 0) is 24.3 Å². The van der Waals surface area contributed by atoms with E-state index >= 15 is 0 Å². The summed E-state index contributed by atoms with van der Waals surface area (Å²) >= 11 is 1.66. The number of hydrogen-bond acceptors (Lipinski definition) is 4. The minimum absolute atomic E-state index is 0.485. The lowest BCUT2D eigenvalue weighted by Gasteiger charge is -2.10. The normalized spacial score (nSPS) is 10.2. The first kappa shape index (κ1) is 15.9. The third kappa shape index (κ3) is 5.54. The highest BCUT2D eigenvalue weighted by Crippen LogP contribution is 2.29. The summed E-state index contributed by atoms with van der Waals surface area (Å²) in [6.07, 6.45) is 2.21. The van der Waals surface area contributed by atoms with E-state index in [0.717, 1.165) is 30.1 Å². The molecule has 0 atom stereocenters. The van der Waals surface area contributed by atoms with E-state index < -0.39 is 0 Å². The molecule has 0 radical (unpaired) electrons. The van der Waals surface area contributed by atoms with Crippen LogP contribution in [0.4, 0.5) is 0 Å². The van der Waals surface area contributed by atoms with Crippen LogP contribution in [-0.4, -0.2) is 25.6 Å². The van der Waals surface area contributed by atoms with Gasteiger partial charge in [0.1, 0.15) is 24.0 Å². The Labute approximate surface area is 119 Å². The van der Waals surface area contributed by atoms with Crippen LogP contribution in [-0.2, 0) is 4.74 Å². The van der Waals surface area contributed by atoms with Crippen LogP contribution < -0.4 is 4.74 Å². The average molecular weight is 279 g/mol. The maximum absolute atomic E-state index is 9.22. The fourth-order valence-electron chi connectivity index (χ4n) is 1.58. The van der Waals surface area contributed by atoms with Gasteiger partial charge in [0.05, 0.1) is 6.61 Å². The second kappa shape index (κ2) is 9.71. The highest BCUT2D eigenvalue weighted by atomic mass is 32.2. The first-order valence-electron chi connectivity index (χ1n) is 6.69. The molecule has 104 valence electrons. The van der Waals surface area contributed by atoms with Gasteiger partial charge in [-0.1, -0.05) is 26.3 Å². The van der Waals surface area contributed by atoms with E-state index in [2.05, 4.69) is 19.9 Å². The van der Waals surface area contributed by atoms with Crippen LogP contribution in [0.5, 0.6) is 5.75 Å². The van der Waals surface area contributed by atoms with Crippen molar-refractivity contribution in [1.29, 1.82) is 5.26 Å². The summed E-state index contributed by atoms with van der Waals surface area (Å²) in [5, 5.41) is 9.22. The maximum Gasteiger partial charge on any atom is 0.138 e. The summed E-state index contributed by atoms with van der Waals surface area (Å²) in [7, 11) is 0. The SMILES string of the molecule is CCCCOCCOc1cccc(SCC)c1C#N. The molecule has 0 N–H and O–H groups in total. The van der Waals surface area contributed by atoms with Crippen LogP contribution in [0.2, 0.25) is 0 Å². The predicted molar refractivity (Wildman–Crippen MR) is 78.8 cm³/mol. The predicted octanol–water partition coefficient (Wildman–Crippen LogP) is 3.87. The van der Waals surface area contributed by atoms with Gasteiger partial charge in [-0.25, -0.2) is 0 Å². The minimum Gasteiger partial charge on any atom is -0.490 e. The molecule has 0 saturated carbocycles.